The van der Waals surface area contributed by atoms with Gasteiger partial charge in [0, 0.05) is 43.2 Å². The third-order valence-electron chi connectivity index (χ3n) is 5.75. The number of urea groups is 1. The zero-order valence-corrected chi connectivity index (χ0v) is 17.0. The molecular formula is C22H22N4O5. The number of ether oxygens (including phenoxy) is 3. The molecule has 0 unspecified atom stereocenters. The Morgan fingerprint density at radius 2 is 1.87 bits per heavy atom. The number of aliphatic imine (C=N–C) groups is 1. The largest absolute Gasteiger partial charge is 0.497 e. The van der Waals surface area contributed by atoms with Gasteiger partial charge in [-0.15, -0.1) is 0 Å². The summed E-state index contributed by atoms with van der Waals surface area (Å²) in [7, 11) is 1.60. The SMILES string of the molecule is COc1ccc(C2=NC3(CCN(C(=O)Nc4ccc5c(c4)OCO5)CC3)NC2=O)cc1. The molecule has 0 atom stereocenters. The topological polar surface area (TPSA) is 101 Å². The first-order valence-corrected chi connectivity index (χ1v) is 10.1. The second kappa shape index (κ2) is 7.50. The van der Waals surface area contributed by atoms with Crippen molar-refractivity contribution in [3.8, 4) is 17.2 Å². The maximum Gasteiger partial charge on any atom is 0.321 e. The van der Waals surface area contributed by atoms with Crippen LogP contribution in [0.25, 0.3) is 0 Å². The van der Waals surface area contributed by atoms with E-state index in [-0.39, 0.29) is 18.7 Å². The summed E-state index contributed by atoms with van der Waals surface area (Å²) < 4.78 is 15.8. The van der Waals surface area contributed by atoms with E-state index in [0.29, 0.717) is 48.8 Å². The number of nitrogens with one attached hydrogen (secondary N) is 2. The van der Waals surface area contributed by atoms with Crippen molar-refractivity contribution in [2.75, 3.05) is 32.3 Å². The number of carbonyl (C=O) groups is 2. The summed E-state index contributed by atoms with van der Waals surface area (Å²) in [5.41, 5.74) is 1.14. The molecule has 3 aliphatic rings. The Balaban J connectivity index is 1.23. The monoisotopic (exact) mass is 422 g/mol. The number of benzene rings is 2. The van der Waals surface area contributed by atoms with Crippen molar-refractivity contribution in [3.63, 3.8) is 0 Å². The molecule has 9 nitrogen and oxygen atoms in total. The highest BCUT2D eigenvalue weighted by Gasteiger charge is 2.42. The van der Waals surface area contributed by atoms with Crippen molar-refractivity contribution >= 4 is 23.3 Å². The Morgan fingerprint density at radius 3 is 2.61 bits per heavy atom. The molecular weight excluding hydrogens is 400 g/mol. The van der Waals surface area contributed by atoms with Crippen molar-refractivity contribution in [3.05, 3.63) is 48.0 Å². The van der Waals surface area contributed by atoms with Gasteiger partial charge in [-0.25, -0.2) is 4.79 Å². The van der Waals surface area contributed by atoms with Crippen molar-refractivity contribution in [2.24, 2.45) is 4.99 Å². The van der Waals surface area contributed by atoms with E-state index < -0.39 is 5.66 Å². The van der Waals surface area contributed by atoms with Crippen molar-refractivity contribution in [2.45, 2.75) is 18.5 Å². The molecule has 1 saturated heterocycles. The lowest BCUT2D eigenvalue weighted by Crippen LogP contribution is -2.53. The highest BCUT2D eigenvalue weighted by atomic mass is 16.7. The number of nitrogens with zero attached hydrogens (tertiary/aromatic N) is 2. The third kappa shape index (κ3) is 3.63. The van der Waals surface area contributed by atoms with Gasteiger partial charge in [-0.2, -0.15) is 0 Å². The molecule has 1 fully saturated rings. The molecule has 5 rings (SSSR count). The number of anilines is 1. The van der Waals surface area contributed by atoms with Crippen LogP contribution in [-0.2, 0) is 4.79 Å². The van der Waals surface area contributed by atoms with Crippen molar-refractivity contribution < 1.29 is 23.8 Å². The van der Waals surface area contributed by atoms with Crippen molar-refractivity contribution in [1.29, 1.82) is 0 Å². The zero-order valence-electron chi connectivity index (χ0n) is 17.0. The highest BCUT2D eigenvalue weighted by Crippen LogP contribution is 2.34. The Bertz CT molecular complexity index is 1060. The summed E-state index contributed by atoms with van der Waals surface area (Å²) in [5, 5.41) is 5.91. The Hall–Kier alpha value is -3.75. The molecule has 0 radical (unpaired) electrons. The summed E-state index contributed by atoms with van der Waals surface area (Å²) in [6, 6.07) is 12.4. The molecule has 2 aromatic rings. The molecule has 9 heteroatoms. The van der Waals surface area contributed by atoms with Crippen LogP contribution in [0, 0.1) is 0 Å². The number of fused-ring (bicyclic) bond motifs is 1. The first-order valence-electron chi connectivity index (χ1n) is 10.1. The van der Waals surface area contributed by atoms with Gasteiger partial charge in [0.25, 0.3) is 5.91 Å². The van der Waals surface area contributed by atoms with Crippen LogP contribution >= 0.6 is 0 Å². The molecule has 3 aliphatic heterocycles. The van der Waals surface area contributed by atoms with Crippen LogP contribution in [0.2, 0.25) is 0 Å². The number of likely N-dealkylation sites (tertiary alicyclic amines) is 1. The van der Waals surface area contributed by atoms with Gasteiger partial charge >= 0.3 is 6.03 Å². The van der Waals surface area contributed by atoms with Gasteiger partial charge < -0.3 is 29.7 Å². The van der Waals surface area contributed by atoms with Gasteiger partial charge in [-0.3, -0.25) is 9.79 Å². The minimum absolute atomic E-state index is 0.186. The Morgan fingerprint density at radius 1 is 1.13 bits per heavy atom. The number of rotatable bonds is 3. The number of carbonyl (C=O) groups excluding carboxylic acids is 2. The predicted molar refractivity (Wildman–Crippen MR) is 113 cm³/mol. The van der Waals surface area contributed by atoms with E-state index >= 15 is 0 Å². The average molecular weight is 422 g/mol. The molecule has 0 aromatic heterocycles. The normalized spacial score (nSPS) is 18.5. The number of amides is 3. The summed E-state index contributed by atoms with van der Waals surface area (Å²) >= 11 is 0. The molecule has 0 saturated carbocycles. The lowest BCUT2D eigenvalue weighted by Gasteiger charge is -2.37. The zero-order chi connectivity index (χ0) is 21.4. The second-order valence-corrected chi connectivity index (χ2v) is 7.66. The smallest absolute Gasteiger partial charge is 0.321 e. The molecule has 1 spiro atoms. The Labute approximate surface area is 179 Å². The van der Waals surface area contributed by atoms with E-state index in [1.807, 2.05) is 12.1 Å². The summed E-state index contributed by atoms with van der Waals surface area (Å²) in [5.74, 6) is 1.81. The molecule has 3 amide bonds. The van der Waals surface area contributed by atoms with Crippen LogP contribution in [0.1, 0.15) is 18.4 Å². The fourth-order valence-electron chi connectivity index (χ4n) is 4.00. The maximum absolute atomic E-state index is 12.7. The van der Waals surface area contributed by atoms with E-state index in [9.17, 15) is 9.59 Å². The van der Waals surface area contributed by atoms with Crippen LogP contribution < -0.4 is 24.8 Å². The number of hydrogen-bond acceptors (Lipinski definition) is 6. The van der Waals surface area contributed by atoms with E-state index in [0.717, 1.165) is 11.3 Å². The molecule has 3 heterocycles. The fourth-order valence-corrected chi connectivity index (χ4v) is 4.00. The minimum Gasteiger partial charge on any atom is -0.497 e. The summed E-state index contributed by atoms with van der Waals surface area (Å²) in [6.07, 6.45) is 1.10. The fraction of sp³-hybridized carbons (Fsp3) is 0.318. The lowest BCUT2D eigenvalue weighted by atomic mass is 9.98. The van der Waals surface area contributed by atoms with Gasteiger partial charge in [0.1, 0.15) is 17.1 Å². The van der Waals surface area contributed by atoms with Gasteiger partial charge in [0.05, 0.1) is 7.11 Å². The standard InChI is InChI=1S/C22H22N4O5/c1-29-16-5-2-14(3-6-16)19-20(27)25-22(24-19)8-10-26(11-9-22)21(28)23-15-4-7-17-18(12-15)31-13-30-17/h2-7,12H,8-11,13H2,1H3,(H,23,28)(H,25,27). The van der Waals surface area contributed by atoms with E-state index in [2.05, 4.69) is 10.6 Å². The van der Waals surface area contributed by atoms with E-state index in [4.69, 9.17) is 19.2 Å². The van der Waals surface area contributed by atoms with Crippen LogP contribution in [0.5, 0.6) is 17.2 Å². The first-order chi connectivity index (χ1) is 15.0. The molecule has 0 bridgehead atoms. The molecule has 31 heavy (non-hydrogen) atoms. The van der Waals surface area contributed by atoms with Crippen LogP contribution in [0.15, 0.2) is 47.5 Å². The summed E-state index contributed by atoms with van der Waals surface area (Å²) in [4.78, 5) is 31.7. The third-order valence-corrected chi connectivity index (χ3v) is 5.75. The van der Waals surface area contributed by atoms with Crippen molar-refractivity contribution in [1.82, 2.24) is 10.2 Å². The van der Waals surface area contributed by atoms with Crippen LogP contribution in [0.3, 0.4) is 0 Å². The van der Waals surface area contributed by atoms with Crippen LogP contribution in [0.4, 0.5) is 10.5 Å². The average Bonchev–Trinajstić information content (AvgIpc) is 3.38. The molecule has 0 aliphatic carbocycles. The molecule has 2 aromatic carbocycles. The molecule has 2 N–H and O–H groups in total. The number of methoxy groups -OCH3 is 1. The highest BCUT2D eigenvalue weighted by molar-refractivity contribution is 6.46. The minimum atomic E-state index is -0.665. The predicted octanol–water partition coefficient (Wildman–Crippen LogP) is 2.37. The van der Waals surface area contributed by atoms with Gasteiger partial charge in [0.15, 0.2) is 11.5 Å². The second-order valence-electron chi connectivity index (χ2n) is 7.66. The Kier molecular flexibility index (Phi) is 4.65. The quantitative estimate of drug-likeness (QED) is 0.791. The first kappa shape index (κ1) is 19.2. The van der Waals surface area contributed by atoms with Crippen LogP contribution in [-0.4, -0.2) is 55.2 Å². The van der Waals surface area contributed by atoms with Gasteiger partial charge in [-0.1, -0.05) is 0 Å². The van der Waals surface area contributed by atoms with Gasteiger partial charge in [0.2, 0.25) is 6.79 Å². The van der Waals surface area contributed by atoms with E-state index in [1.54, 1.807) is 42.3 Å². The summed E-state index contributed by atoms with van der Waals surface area (Å²) in [6.45, 7) is 1.15. The number of piperidine rings is 1. The van der Waals surface area contributed by atoms with E-state index in [1.165, 1.54) is 0 Å². The maximum atomic E-state index is 12.7. The number of hydrogen-bond donors (Lipinski definition) is 2. The van der Waals surface area contributed by atoms with Gasteiger partial charge in [-0.05, 0) is 36.4 Å². The molecule has 160 valence electrons. The lowest BCUT2D eigenvalue weighted by molar-refractivity contribution is -0.115.